The van der Waals surface area contributed by atoms with Gasteiger partial charge in [-0.3, -0.25) is 9.59 Å². The number of sulfonamides is 1. The first-order valence-electron chi connectivity index (χ1n) is 11.4. The Kier molecular flexibility index (Phi) is 7.18. The molecule has 0 fully saturated rings. The zero-order valence-electron chi connectivity index (χ0n) is 19.5. The molecule has 0 aliphatic carbocycles. The van der Waals surface area contributed by atoms with E-state index in [1.165, 1.54) is 22.5 Å². The van der Waals surface area contributed by atoms with Gasteiger partial charge in [0.15, 0.2) is 5.75 Å². The molecule has 1 aliphatic rings. The minimum atomic E-state index is -3.77. The molecule has 35 heavy (non-hydrogen) atoms. The van der Waals surface area contributed by atoms with Gasteiger partial charge in [-0.1, -0.05) is 50.2 Å². The molecule has 3 aromatic carbocycles. The lowest BCUT2D eigenvalue weighted by molar-refractivity contribution is -0.123. The monoisotopic (exact) mass is 493 g/mol. The van der Waals surface area contributed by atoms with Crippen LogP contribution in [0, 0.1) is 0 Å². The number of benzene rings is 3. The Bertz CT molecular complexity index is 1340. The number of fused-ring (bicyclic) bond motifs is 1. The van der Waals surface area contributed by atoms with Crippen LogP contribution in [-0.4, -0.2) is 37.6 Å². The summed E-state index contributed by atoms with van der Waals surface area (Å²) in [4.78, 5) is 25.6. The van der Waals surface area contributed by atoms with Gasteiger partial charge in [0.25, 0.3) is 0 Å². The molecule has 2 N–H and O–H groups in total. The summed E-state index contributed by atoms with van der Waals surface area (Å²) in [6.07, 6.45) is -0.0187. The largest absolute Gasteiger partial charge is 0.455 e. The van der Waals surface area contributed by atoms with Gasteiger partial charge in [0.1, 0.15) is 5.75 Å². The van der Waals surface area contributed by atoms with Crippen LogP contribution >= 0.6 is 0 Å². The molecule has 1 aliphatic heterocycles. The van der Waals surface area contributed by atoms with Crippen molar-refractivity contribution in [3.05, 3.63) is 78.4 Å². The molecule has 0 radical (unpaired) electrons. The predicted molar refractivity (Wildman–Crippen MR) is 134 cm³/mol. The number of rotatable bonds is 8. The normalized spacial score (nSPS) is 15.3. The highest BCUT2D eigenvalue weighted by atomic mass is 32.2. The van der Waals surface area contributed by atoms with Crippen LogP contribution in [0.2, 0.25) is 0 Å². The molecule has 0 bridgehead atoms. The first-order valence-corrected chi connectivity index (χ1v) is 12.8. The maximum atomic E-state index is 13.4. The standard InChI is InChI=1S/C26H27N3O5S/c1-3-29(4-2)35(32,33)19-14-15-24(34-18-10-6-5-7-11-18)23(16-19)28-26(31)21-17-25(30)27-22-13-9-8-12-20(21)22/h5-16,21H,3-4,17H2,1-2H3,(H,27,30)(H,28,31). The summed E-state index contributed by atoms with van der Waals surface area (Å²) in [5.41, 5.74) is 1.49. The topological polar surface area (TPSA) is 105 Å². The Labute approximate surface area is 205 Å². The van der Waals surface area contributed by atoms with Gasteiger partial charge >= 0.3 is 0 Å². The van der Waals surface area contributed by atoms with E-state index in [9.17, 15) is 18.0 Å². The van der Waals surface area contributed by atoms with Crippen molar-refractivity contribution >= 4 is 33.2 Å². The molecule has 182 valence electrons. The Morgan fingerprint density at radius 1 is 1.03 bits per heavy atom. The minimum absolute atomic E-state index is 0.0187. The highest BCUT2D eigenvalue weighted by molar-refractivity contribution is 7.89. The van der Waals surface area contributed by atoms with E-state index in [2.05, 4.69) is 10.6 Å². The van der Waals surface area contributed by atoms with E-state index in [-0.39, 0.29) is 28.7 Å². The summed E-state index contributed by atoms with van der Waals surface area (Å²) in [5.74, 6) is -0.598. The second-order valence-corrected chi connectivity index (χ2v) is 9.98. The smallest absolute Gasteiger partial charge is 0.243 e. The van der Waals surface area contributed by atoms with Gasteiger partial charge < -0.3 is 15.4 Å². The van der Waals surface area contributed by atoms with E-state index >= 15 is 0 Å². The van der Waals surface area contributed by atoms with E-state index in [0.717, 1.165) is 0 Å². The van der Waals surface area contributed by atoms with Crippen molar-refractivity contribution in [2.24, 2.45) is 0 Å². The van der Waals surface area contributed by atoms with E-state index < -0.39 is 21.8 Å². The second-order valence-electron chi connectivity index (χ2n) is 8.04. The molecule has 8 nitrogen and oxygen atoms in total. The summed E-state index contributed by atoms with van der Waals surface area (Å²) in [6.45, 7) is 4.16. The predicted octanol–water partition coefficient (Wildman–Crippen LogP) is 4.57. The van der Waals surface area contributed by atoms with E-state index in [1.807, 2.05) is 18.2 Å². The summed E-state index contributed by atoms with van der Waals surface area (Å²) in [7, 11) is -3.77. The van der Waals surface area contributed by atoms with Crippen molar-refractivity contribution in [2.75, 3.05) is 23.7 Å². The molecule has 1 heterocycles. The fourth-order valence-electron chi connectivity index (χ4n) is 4.05. The highest BCUT2D eigenvalue weighted by Gasteiger charge is 2.31. The second kappa shape index (κ2) is 10.3. The zero-order chi connectivity index (χ0) is 25.0. The van der Waals surface area contributed by atoms with Crippen molar-refractivity contribution < 1.29 is 22.7 Å². The van der Waals surface area contributed by atoms with Crippen molar-refractivity contribution in [3.8, 4) is 11.5 Å². The molecule has 9 heteroatoms. The Hall–Kier alpha value is -3.69. The summed E-state index contributed by atoms with van der Waals surface area (Å²) in [6, 6.07) is 20.5. The Balaban J connectivity index is 1.72. The first-order chi connectivity index (χ1) is 16.8. The number of hydrogen-bond acceptors (Lipinski definition) is 5. The maximum Gasteiger partial charge on any atom is 0.243 e. The molecular formula is C26H27N3O5S. The lowest BCUT2D eigenvalue weighted by atomic mass is 9.90. The van der Waals surface area contributed by atoms with Crippen molar-refractivity contribution in [1.82, 2.24) is 4.31 Å². The molecule has 1 unspecified atom stereocenters. The number of hydrogen-bond donors (Lipinski definition) is 2. The quantitative estimate of drug-likeness (QED) is 0.478. The fourth-order valence-corrected chi connectivity index (χ4v) is 5.53. The van der Waals surface area contributed by atoms with Gasteiger partial charge in [0, 0.05) is 25.2 Å². The number of anilines is 2. The van der Waals surface area contributed by atoms with Gasteiger partial charge in [-0.25, -0.2) is 8.42 Å². The number of para-hydroxylation sites is 2. The Morgan fingerprint density at radius 3 is 2.43 bits per heavy atom. The number of carbonyl (C=O) groups excluding carboxylic acids is 2. The van der Waals surface area contributed by atoms with Gasteiger partial charge in [0.2, 0.25) is 21.8 Å². The van der Waals surface area contributed by atoms with Crippen LogP contribution in [0.25, 0.3) is 0 Å². The van der Waals surface area contributed by atoms with E-state index in [4.69, 9.17) is 4.74 Å². The van der Waals surface area contributed by atoms with Crippen LogP contribution in [-0.2, 0) is 19.6 Å². The van der Waals surface area contributed by atoms with Gasteiger partial charge in [0.05, 0.1) is 16.5 Å². The average molecular weight is 494 g/mol. The van der Waals surface area contributed by atoms with Crippen LogP contribution in [0.5, 0.6) is 11.5 Å². The number of ether oxygens (including phenoxy) is 1. The molecule has 0 saturated heterocycles. The molecule has 0 saturated carbocycles. The zero-order valence-corrected chi connectivity index (χ0v) is 20.3. The fraction of sp³-hybridized carbons (Fsp3) is 0.231. The number of nitrogens with zero attached hydrogens (tertiary/aromatic N) is 1. The summed E-state index contributed by atoms with van der Waals surface area (Å²) >= 11 is 0. The first kappa shape index (κ1) is 24.4. The van der Waals surface area contributed by atoms with Gasteiger partial charge in [-0.2, -0.15) is 4.31 Å². The number of amides is 2. The lowest BCUT2D eigenvalue weighted by Gasteiger charge is -2.25. The molecule has 4 rings (SSSR count). The lowest BCUT2D eigenvalue weighted by Crippen LogP contribution is -2.31. The van der Waals surface area contributed by atoms with Crippen LogP contribution in [0.1, 0.15) is 31.7 Å². The highest BCUT2D eigenvalue weighted by Crippen LogP contribution is 2.36. The van der Waals surface area contributed by atoms with Gasteiger partial charge in [-0.15, -0.1) is 0 Å². The minimum Gasteiger partial charge on any atom is -0.455 e. The number of carbonyl (C=O) groups is 2. The maximum absolute atomic E-state index is 13.4. The molecule has 1 atom stereocenters. The van der Waals surface area contributed by atoms with Crippen molar-refractivity contribution in [1.29, 1.82) is 0 Å². The third kappa shape index (κ3) is 5.21. The molecule has 3 aromatic rings. The average Bonchev–Trinajstić information content (AvgIpc) is 2.85. The summed E-state index contributed by atoms with van der Waals surface area (Å²) < 4.78 is 33.6. The van der Waals surface area contributed by atoms with E-state index in [0.29, 0.717) is 30.1 Å². The molecule has 0 spiro atoms. The number of nitrogens with one attached hydrogen (secondary N) is 2. The Morgan fingerprint density at radius 2 is 1.71 bits per heavy atom. The van der Waals surface area contributed by atoms with Crippen LogP contribution in [0.3, 0.4) is 0 Å². The molecule has 2 amide bonds. The van der Waals surface area contributed by atoms with Crippen LogP contribution < -0.4 is 15.4 Å². The SMILES string of the molecule is CCN(CC)S(=O)(=O)c1ccc(Oc2ccccc2)c(NC(=O)C2CC(=O)Nc3ccccc32)c1. The van der Waals surface area contributed by atoms with E-state index in [1.54, 1.807) is 50.2 Å². The van der Waals surface area contributed by atoms with Gasteiger partial charge in [-0.05, 0) is 42.0 Å². The molecule has 0 aromatic heterocycles. The third-order valence-corrected chi connectivity index (χ3v) is 7.89. The van der Waals surface area contributed by atoms with Crippen molar-refractivity contribution in [2.45, 2.75) is 31.1 Å². The molecular weight excluding hydrogens is 466 g/mol. The third-order valence-electron chi connectivity index (χ3n) is 5.84. The van der Waals surface area contributed by atoms with Crippen molar-refractivity contribution in [3.63, 3.8) is 0 Å². The van der Waals surface area contributed by atoms with Crippen LogP contribution in [0.15, 0.2) is 77.7 Å². The van der Waals surface area contributed by atoms with Crippen LogP contribution in [0.4, 0.5) is 11.4 Å². The summed E-state index contributed by atoms with van der Waals surface area (Å²) in [5, 5.41) is 5.60.